The van der Waals surface area contributed by atoms with Gasteiger partial charge in [0, 0.05) is 13.7 Å². The number of hydrogen-bond donors (Lipinski definition) is 1. The zero-order valence-electron chi connectivity index (χ0n) is 7.71. The number of anilines is 1. The van der Waals surface area contributed by atoms with Gasteiger partial charge in [-0.25, -0.2) is 0 Å². The molecule has 2 aromatic rings. The average Bonchev–Trinajstić information content (AvgIpc) is 2.67. The molecule has 0 fully saturated rings. The lowest BCUT2D eigenvalue weighted by atomic mass is 10.6. The summed E-state index contributed by atoms with van der Waals surface area (Å²) < 4.78 is 6.50. The maximum atomic E-state index is 4.91. The summed E-state index contributed by atoms with van der Waals surface area (Å²) in [5, 5.41) is 14.2. The minimum atomic E-state index is 0.618. The van der Waals surface area contributed by atoms with Gasteiger partial charge in [-0.3, -0.25) is 4.98 Å². The van der Waals surface area contributed by atoms with Crippen molar-refractivity contribution < 1.29 is 4.74 Å². The van der Waals surface area contributed by atoms with E-state index >= 15 is 0 Å². The van der Waals surface area contributed by atoms with Gasteiger partial charge in [0.15, 0.2) is 5.65 Å². The summed E-state index contributed by atoms with van der Waals surface area (Å²) in [6, 6.07) is 0. The number of tetrazole rings is 1. The van der Waals surface area contributed by atoms with Crippen molar-refractivity contribution in [2.45, 2.75) is 0 Å². The predicted octanol–water partition coefficient (Wildman–Crippen LogP) is -0.422. The van der Waals surface area contributed by atoms with Gasteiger partial charge in [0.2, 0.25) is 0 Å². The number of ether oxygens (including phenoxy) is 1. The summed E-state index contributed by atoms with van der Waals surface area (Å²) in [7, 11) is 1.65. The smallest absolute Gasteiger partial charge is 0.199 e. The Balaban J connectivity index is 2.19. The molecule has 0 aliphatic heterocycles. The minimum Gasteiger partial charge on any atom is -0.383 e. The van der Waals surface area contributed by atoms with E-state index in [0.717, 1.165) is 5.82 Å². The van der Waals surface area contributed by atoms with Crippen LogP contribution in [0.25, 0.3) is 5.65 Å². The minimum absolute atomic E-state index is 0.618. The summed E-state index contributed by atoms with van der Waals surface area (Å²) in [5.74, 6) is 0.754. The number of nitrogens with one attached hydrogen (secondary N) is 1. The van der Waals surface area contributed by atoms with Crippen LogP contribution in [0.3, 0.4) is 0 Å². The van der Waals surface area contributed by atoms with Gasteiger partial charge < -0.3 is 10.1 Å². The third-order valence-electron chi connectivity index (χ3n) is 1.72. The number of methoxy groups -OCH3 is 1. The largest absolute Gasteiger partial charge is 0.383 e. The Labute approximate surface area is 80.1 Å². The third-order valence-corrected chi connectivity index (χ3v) is 1.72. The molecule has 2 aromatic heterocycles. The molecule has 74 valence electrons. The zero-order valence-corrected chi connectivity index (χ0v) is 7.71. The molecule has 0 amide bonds. The lowest BCUT2D eigenvalue weighted by Crippen LogP contribution is -2.11. The standard InChI is InChI=1S/C7H10N6O/c1-14-3-2-9-6-4-8-5-7-10-11-12-13(6)7/h4-5,9H,2-3H2,1H3. The first-order chi connectivity index (χ1) is 6.92. The quantitative estimate of drug-likeness (QED) is 0.666. The molecule has 0 saturated heterocycles. The highest BCUT2D eigenvalue weighted by Crippen LogP contribution is 2.04. The van der Waals surface area contributed by atoms with Gasteiger partial charge in [-0.2, -0.15) is 4.52 Å². The molecule has 2 rings (SSSR count). The van der Waals surface area contributed by atoms with Crippen molar-refractivity contribution in [3.63, 3.8) is 0 Å². The molecule has 7 nitrogen and oxygen atoms in total. The van der Waals surface area contributed by atoms with E-state index in [9.17, 15) is 0 Å². The van der Waals surface area contributed by atoms with Gasteiger partial charge in [-0.15, -0.1) is 5.10 Å². The van der Waals surface area contributed by atoms with Crippen LogP contribution in [0.2, 0.25) is 0 Å². The van der Waals surface area contributed by atoms with Crippen LogP contribution in [0, 0.1) is 0 Å². The highest BCUT2D eigenvalue weighted by Gasteiger charge is 2.01. The molecule has 0 aromatic carbocycles. The first-order valence-corrected chi connectivity index (χ1v) is 4.17. The van der Waals surface area contributed by atoms with Crippen molar-refractivity contribution in [1.29, 1.82) is 0 Å². The Morgan fingerprint density at radius 3 is 3.29 bits per heavy atom. The van der Waals surface area contributed by atoms with Crippen LogP contribution in [0.15, 0.2) is 12.4 Å². The second-order valence-electron chi connectivity index (χ2n) is 2.66. The van der Waals surface area contributed by atoms with Crippen LogP contribution in [0.4, 0.5) is 5.82 Å². The molecular weight excluding hydrogens is 184 g/mol. The Morgan fingerprint density at radius 1 is 1.50 bits per heavy atom. The molecule has 0 aliphatic rings. The number of nitrogens with zero attached hydrogens (tertiary/aromatic N) is 5. The lowest BCUT2D eigenvalue weighted by Gasteiger charge is -2.04. The summed E-state index contributed by atoms with van der Waals surface area (Å²) in [6.45, 7) is 1.32. The van der Waals surface area contributed by atoms with E-state index in [1.54, 1.807) is 24.0 Å². The molecule has 2 heterocycles. The Hall–Kier alpha value is -1.76. The molecule has 7 heteroatoms. The number of hydrogen-bond acceptors (Lipinski definition) is 6. The van der Waals surface area contributed by atoms with E-state index in [-0.39, 0.29) is 0 Å². The Kier molecular flexibility index (Phi) is 2.50. The van der Waals surface area contributed by atoms with Crippen LogP contribution < -0.4 is 5.32 Å². The predicted molar refractivity (Wildman–Crippen MR) is 48.9 cm³/mol. The normalized spacial score (nSPS) is 10.6. The highest BCUT2D eigenvalue weighted by molar-refractivity contribution is 5.43. The maximum Gasteiger partial charge on any atom is 0.199 e. The monoisotopic (exact) mass is 194 g/mol. The Morgan fingerprint density at radius 2 is 2.43 bits per heavy atom. The molecule has 0 aliphatic carbocycles. The number of aromatic nitrogens is 5. The first kappa shape index (κ1) is 8.82. The second-order valence-corrected chi connectivity index (χ2v) is 2.66. The maximum absolute atomic E-state index is 4.91. The fourth-order valence-electron chi connectivity index (χ4n) is 1.08. The van der Waals surface area contributed by atoms with Gasteiger partial charge >= 0.3 is 0 Å². The van der Waals surface area contributed by atoms with Crippen molar-refractivity contribution in [3.8, 4) is 0 Å². The van der Waals surface area contributed by atoms with Crippen LogP contribution >= 0.6 is 0 Å². The molecule has 14 heavy (non-hydrogen) atoms. The van der Waals surface area contributed by atoms with Crippen molar-refractivity contribution in [1.82, 2.24) is 25.0 Å². The van der Waals surface area contributed by atoms with E-state index in [2.05, 4.69) is 25.8 Å². The van der Waals surface area contributed by atoms with E-state index in [1.165, 1.54) is 0 Å². The summed E-state index contributed by atoms with van der Waals surface area (Å²) in [5.41, 5.74) is 0.618. The molecule has 0 atom stereocenters. The molecule has 0 spiro atoms. The molecular formula is C7H10N6O. The molecule has 0 radical (unpaired) electrons. The molecule has 0 bridgehead atoms. The number of fused-ring (bicyclic) bond motifs is 1. The first-order valence-electron chi connectivity index (χ1n) is 4.17. The fourth-order valence-corrected chi connectivity index (χ4v) is 1.08. The summed E-state index contributed by atoms with van der Waals surface area (Å²) in [4.78, 5) is 4.00. The van der Waals surface area contributed by atoms with Crippen LogP contribution in [0.1, 0.15) is 0 Å². The van der Waals surface area contributed by atoms with Crippen molar-refractivity contribution >= 4 is 11.5 Å². The molecule has 0 unspecified atom stereocenters. The zero-order chi connectivity index (χ0) is 9.80. The average molecular weight is 194 g/mol. The third kappa shape index (κ3) is 1.62. The van der Waals surface area contributed by atoms with Crippen molar-refractivity contribution in [3.05, 3.63) is 12.4 Å². The highest BCUT2D eigenvalue weighted by atomic mass is 16.5. The summed E-state index contributed by atoms with van der Waals surface area (Å²) >= 11 is 0. The van der Waals surface area contributed by atoms with E-state index in [4.69, 9.17) is 4.74 Å². The lowest BCUT2D eigenvalue weighted by molar-refractivity contribution is 0.210. The topological polar surface area (TPSA) is 77.2 Å². The van der Waals surface area contributed by atoms with Gasteiger partial charge in [0.05, 0.1) is 19.0 Å². The van der Waals surface area contributed by atoms with Crippen LogP contribution in [0.5, 0.6) is 0 Å². The fraction of sp³-hybridized carbons (Fsp3) is 0.429. The van der Waals surface area contributed by atoms with Gasteiger partial charge in [0.1, 0.15) is 5.82 Å². The second kappa shape index (κ2) is 3.97. The van der Waals surface area contributed by atoms with Crippen LogP contribution in [-0.4, -0.2) is 45.3 Å². The van der Waals surface area contributed by atoms with Gasteiger partial charge in [0.25, 0.3) is 0 Å². The van der Waals surface area contributed by atoms with Crippen LogP contribution in [-0.2, 0) is 4.74 Å². The van der Waals surface area contributed by atoms with Crippen molar-refractivity contribution in [2.24, 2.45) is 0 Å². The molecule has 0 saturated carbocycles. The summed E-state index contributed by atoms with van der Waals surface area (Å²) in [6.07, 6.45) is 3.26. The van der Waals surface area contributed by atoms with Gasteiger partial charge in [-0.05, 0) is 10.4 Å². The van der Waals surface area contributed by atoms with E-state index in [1.807, 2.05) is 0 Å². The van der Waals surface area contributed by atoms with Crippen molar-refractivity contribution in [2.75, 3.05) is 25.6 Å². The Bertz CT molecular complexity index is 413. The van der Waals surface area contributed by atoms with E-state index in [0.29, 0.717) is 18.8 Å². The SMILES string of the molecule is COCCNc1cncc2nnnn12. The number of rotatable bonds is 4. The van der Waals surface area contributed by atoms with E-state index < -0.39 is 0 Å². The molecule has 1 N–H and O–H groups in total. The van der Waals surface area contributed by atoms with Gasteiger partial charge in [-0.1, -0.05) is 0 Å².